The van der Waals surface area contributed by atoms with Crippen LogP contribution in [0.5, 0.6) is 0 Å². The molecule has 9 heteroatoms. The van der Waals surface area contributed by atoms with E-state index in [-0.39, 0.29) is 6.54 Å². The Morgan fingerprint density at radius 3 is 1.58 bits per heavy atom. The van der Waals surface area contributed by atoms with E-state index in [9.17, 15) is 8.42 Å². The van der Waals surface area contributed by atoms with Crippen LogP contribution in [-0.4, -0.2) is 53.2 Å². The van der Waals surface area contributed by atoms with Crippen LogP contribution in [-0.2, 0) is 10.1 Å². The van der Waals surface area contributed by atoms with Crippen LogP contribution >= 0.6 is 0 Å². The molecule has 0 bridgehead atoms. The molecule has 24 heavy (non-hydrogen) atoms. The molecule has 0 unspecified atom stereocenters. The largest absolute Gasteiger partial charge is 0.343 e. The summed E-state index contributed by atoms with van der Waals surface area (Å²) < 4.78 is 26.5. The van der Waals surface area contributed by atoms with Gasteiger partial charge in [-0.2, -0.15) is 8.42 Å². The molecule has 0 fully saturated rings. The fourth-order valence-corrected chi connectivity index (χ4v) is 1.99. The maximum atomic E-state index is 9.43. The summed E-state index contributed by atoms with van der Waals surface area (Å²) in [6, 6.07) is 0. The van der Waals surface area contributed by atoms with E-state index < -0.39 is 22.0 Å². The topological polar surface area (TPSA) is 153 Å². The highest BCUT2D eigenvalue weighted by molar-refractivity contribution is 7.85. The van der Waals surface area contributed by atoms with Crippen LogP contribution in [0.1, 0.15) is 71.1 Å². The molecular weight excluding hydrogens is 336 g/mol. The molecule has 0 saturated heterocycles. The first-order valence-electron chi connectivity index (χ1n) is 8.65. The van der Waals surface area contributed by atoms with Crippen molar-refractivity contribution < 1.29 is 28.3 Å². The third-order valence-corrected chi connectivity index (χ3v) is 3.70. The smallest absolute Gasteiger partial charge is 0.288 e. The number of nitrogens with two attached hydrogens (primary N) is 1. The molecule has 0 heterocycles. The standard InChI is InChI=1S/C14H31NO3.CH5NO3S/c1-2-3-4-5-6-7-8-9-10-11-12-15-13-14(16,17)18;2-1-6(3,4)5/h15-18H,2-13H2,1H3;1-2H2,(H,3,4,5). The van der Waals surface area contributed by atoms with Crippen molar-refractivity contribution >= 4 is 10.1 Å². The van der Waals surface area contributed by atoms with E-state index in [2.05, 4.69) is 18.0 Å². The van der Waals surface area contributed by atoms with Crippen molar-refractivity contribution in [2.75, 3.05) is 19.0 Å². The number of unbranched alkanes of at least 4 members (excludes halogenated alkanes) is 9. The van der Waals surface area contributed by atoms with Crippen LogP contribution in [0, 0.1) is 0 Å². The Hall–Kier alpha value is -0.290. The Labute approximate surface area is 146 Å². The third kappa shape index (κ3) is 29.7. The molecule has 0 spiro atoms. The average Bonchev–Trinajstić information content (AvgIpc) is 2.47. The van der Waals surface area contributed by atoms with Crippen LogP contribution < -0.4 is 11.1 Å². The molecule has 148 valence electrons. The maximum Gasteiger partial charge on any atom is 0.288 e. The molecule has 0 rings (SSSR count). The summed E-state index contributed by atoms with van der Waals surface area (Å²) in [5, 5.41) is 28.7. The van der Waals surface area contributed by atoms with Crippen LogP contribution in [0.25, 0.3) is 0 Å². The quantitative estimate of drug-likeness (QED) is 0.149. The molecule has 7 N–H and O–H groups in total. The number of hydrogen-bond donors (Lipinski definition) is 6. The molecule has 0 aliphatic carbocycles. The molecule has 0 aromatic rings. The predicted octanol–water partition coefficient (Wildman–Crippen LogP) is 0.918. The van der Waals surface area contributed by atoms with Gasteiger partial charge < -0.3 is 26.4 Å². The first kappa shape index (κ1) is 25.9. The van der Waals surface area contributed by atoms with Gasteiger partial charge >= 0.3 is 0 Å². The van der Waals surface area contributed by atoms with Gasteiger partial charge in [-0.15, -0.1) is 0 Å². The highest BCUT2D eigenvalue weighted by Gasteiger charge is 2.16. The van der Waals surface area contributed by atoms with Gasteiger partial charge in [-0.3, -0.25) is 4.55 Å². The van der Waals surface area contributed by atoms with Crippen LogP contribution in [0.2, 0.25) is 0 Å². The summed E-state index contributed by atoms with van der Waals surface area (Å²) in [7, 11) is -3.88. The first-order valence-corrected chi connectivity index (χ1v) is 10.3. The zero-order chi connectivity index (χ0) is 18.9. The summed E-state index contributed by atoms with van der Waals surface area (Å²) in [4.78, 5) is 0. The van der Waals surface area contributed by atoms with Gasteiger partial charge in [0.25, 0.3) is 16.1 Å². The normalized spacial score (nSPS) is 11.9. The average molecular weight is 373 g/mol. The zero-order valence-electron chi connectivity index (χ0n) is 14.8. The second-order valence-electron chi connectivity index (χ2n) is 5.88. The SMILES string of the molecule is CCCCCCCCCCCCNCC(O)(O)O.NCS(=O)(=O)O. The lowest BCUT2D eigenvalue weighted by Gasteiger charge is -2.14. The van der Waals surface area contributed by atoms with Crippen molar-refractivity contribution in [3.05, 3.63) is 0 Å². The van der Waals surface area contributed by atoms with Crippen molar-refractivity contribution in [1.29, 1.82) is 0 Å². The molecule has 0 aromatic heterocycles. The number of nitrogens with one attached hydrogen (secondary N) is 1. The van der Waals surface area contributed by atoms with Gasteiger partial charge in [0.05, 0.1) is 6.54 Å². The summed E-state index contributed by atoms with van der Waals surface area (Å²) in [5.41, 5.74) is 4.47. The molecule has 0 radical (unpaired) electrons. The van der Waals surface area contributed by atoms with Gasteiger partial charge in [0, 0.05) is 0 Å². The molecule has 0 aliphatic heterocycles. The van der Waals surface area contributed by atoms with Crippen LogP contribution in [0.15, 0.2) is 0 Å². The Kier molecular flexibility index (Phi) is 17.5. The Bertz CT molecular complexity index is 357. The Balaban J connectivity index is 0. The van der Waals surface area contributed by atoms with E-state index in [1.54, 1.807) is 0 Å². The van der Waals surface area contributed by atoms with E-state index in [0.717, 1.165) is 19.4 Å². The van der Waals surface area contributed by atoms with Gasteiger partial charge in [0.15, 0.2) is 0 Å². The van der Waals surface area contributed by atoms with E-state index in [4.69, 9.17) is 19.9 Å². The van der Waals surface area contributed by atoms with Crippen molar-refractivity contribution in [1.82, 2.24) is 5.32 Å². The predicted molar refractivity (Wildman–Crippen MR) is 94.7 cm³/mol. The minimum atomic E-state index is -3.88. The van der Waals surface area contributed by atoms with Crippen LogP contribution in [0.3, 0.4) is 0 Å². The minimum absolute atomic E-state index is 0.190. The van der Waals surface area contributed by atoms with Crippen molar-refractivity contribution in [3.63, 3.8) is 0 Å². The summed E-state index contributed by atoms with van der Waals surface area (Å²) in [6.07, 6.45) is 12.9. The third-order valence-electron chi connectivity index (χ3n) is 3.28. The second-order valence-corrected chi connectivity index (χ2v) is 7.38. The minimum Gasteiger partial charge on any atom is -0.343 e. The van der Waals surface area contributed by atoms with Gasteiger partial charge in [0.2, 0.25) is 0 Å². The van der Waals surface area contributed by atoms with Crippen LogP contribution in [0.4, 0.5) is 0 Å². The van der Waals surface area contributed by atoms with Gasteiger partial charge in [-0.05, 0) is 13.0 Å². The van der Waals surface area contributed by atoms with E-state index in [1.165, 1.54) is 51.4 Å². The highest BCUT2D eigenvalue weighted by Crippen LogP contribution is 2.10. The van der Waals surface area contributed by atoms with E-state index in [0.29, 0.717) is 0 Å². The lowest BCUT2D eigenvalue weighted by atomic mass is 10.1. The van der Waals surface area contributed by atoms with Crippen molar-refractivity contribution in [3.8, 4) is 0 Å². The Morgan fingerprint density at radius 1 is 0.875 bits per heavy atom. The number of rotatable bonds is 14. The van der Waals surface area contributed by atoms with E-state index in [1.807, 2.05) is 0 Å². The van der Waals surface area contributed by atoms with Gasteiger partial charge in [-0.1, -0.05) is 64.7 Å². The fraction of sp³-hybridized carbons (Fsp3) is 1.00. The molecule has 8 nitrogen and oxygen atoms in total. The van der Waals surface area contributed by atoms with Gasteiger partial charge in [-0.25, -0.2) is 0 Å². The fourth-order valence-electron chi connectivity index (χ4n) is 1.99. The molecule has 0 atom stereocenters. The zero-order valence-corrected chi connectivity index (χ0v) is 15.6. The lowest BCUT2D eigenvalue weighted by molar-refractivity contribution is -0.306. The number of hydrogen-bond acceptors (Lipinski definition) is 7. The molecule has 0 saturated carbocycles. The maximum absolute atomic E-state index is 9.43. The Morgan fingerprint density at radius 2 is 1.25 bits per heavy atom. The van der Waals surface area contributed by atoms with Crippen molar-refractivity contribution in [2.45, 2.75) is 77.1 Å². The summed E-state index contributed by atoms with van der Waals surface area (Å²) >= 11 is 0. The number of aliphatic hydroxyl groups is 3. The van der Waals surface area contributed by atoms with Gasteiger partial charge in [0.1, 0.15) is 5.88 Å². The highest BCUT2D eigenvalue weighted by atomic mass is 32.2. The monoisotopic (exact) mass is 372 g/mol. The molecular formula is C15H36N2O6S. The lowest BCUT2D eigenvalue weighted by Crippen LogP contribution is -2.40. The summed E-state index contributed by atoms with van der Waals surface area (Å²) in [6.45, 7) is 2.77. The van der Waals surface area contributed by atoms with E-state index >= 15 is 0 Å². The first-order chi connectivity index (χ1) is 11.1. The molecule has 0 amide bonds. The molecule has 0 aliphatic rings. The molecule has 0 aromatic carbocycles. The second kappa shape index (κ2) is 16.2. The summed E-state index contributed by atoms with van der Waals surface area (Å²) in [5.74, 6) is -3.27. The van der Waals surface area contributed by atoms with Crippen molar-refractivity contribution in [2.24, 2.45) is 5.73 Å².